The van der Waals surface area contributed by atoms with Crippen molar-refractivity contribution in [1.82, 2.24) is 10.6 Å². The molecule has 3 amide bonds. The summed E-state index contributed by atoms with van der Waals surface area (Å²) >= 11 is 0. The van der Waals surface area contributed by atoms with Crippen molar-refractivity contribution in [1.29, 1.82) is 0 Å². The minimum absolute atomic E-state index is 0.321. The van der Waals surface area contributed by atoms with Crippen LogP contribution in [0, 0.1) is 0 Å². The lowest BCUT2D eigenvalue weighted by Gasteiger charge is -2.24. The Morgan fingerprint density at radius 1 is 1.04 bits per heavy atom. The molecule has 2 rings (SSSR count). The Kier molecular flexibility index (Phi) is 6.74. The van der Waals surface area contributed by atoms with E-state index in [4.69, 9.17) is 0 Å². The molecule has 0 aliphatic carbocycles. The summed E-state index contributed by atoms with van der Waals surface area (Å²) < 4.78 is 0. The Morgan fingerprint density at radius 3 is 2.19 bits per heavy atom. The van der Waals surface area contributed by atoms with Crippen LogP contribution < -0.4 is 20.4 Å². The van der Waals surface area contributed by atoms with Crippen LogP contribution in [0.15, 0.2) is 54.6 Å². The van der Waals surface area contributed by atoms with Crippen molar-refractivity contribution >= 4 is 17.6 Å². The Bertz CT molecular complexity index is 729. The highest BCUT2D eigenvalue weighted by Crippen LogP contribution is 2.13. The smallest absolute Gasteiger partial charge is 0.321 e. The summed E-state index contributed by atoms with van der Waals surface area (Å²) in [7, 11) is 7.45. The van der Waals surface area contributed by atoms with Crippen LogP contribution in [0.4, 0.5) is 10.5 Å². The second-order valence-electron chi connectivity index (χ2n) is 6.50. The van der Waals surface area contributed by atoms with Crippen LogP contribution in [-0.4, -0.2) is 40.1 Å². The quantitative estimate of drug-likeness (QED) is 0.723. The molecule has 0 aromatic heterocycles. The monoisotopic (exact) mass is 355 g/mol. The van der Waals surface area contributed by atoms with E-state index in [9.17, 15) is 9.59 Å². The van der Waals surface area contributed by atoms with Gasteiger partial charge < -0.3 is 15.1 Å². The zero-order valence-corrected chi connectivity index (χ0v) is 15.7. The highest BCUT2D eigenvalue weighted by Gasteiger charge is 2.30. The number of anilines is 1. The first-order valence-corrected chi connectivity index (χ1v) is 8.58. The lowest BCUT2D eigenvalue weighted by Crippen LogP contribution is -3.09. The fourth-order valence-electron chi connectivity index (χ4n) is 2.89. The lowest BCUT2D eigenvalue weighted by atomic mass is 10.0. The first-order chi connectivity index (χ1) is 12.4. The number of carbonyl (C=O) groups is 2. The first kappa shape index (κ1) is 19.5. The maximum Gasteiger partial charge on any atom is 0.321 e. The molecule has 0 aliphatic heterocycles. The maximum absolute atomic E-state index is 12.7. The zero-order valence-electron chi connectivity index (χ0n) is 15.7. The number of nitrogens with zero attached hydrogens (tertiary/aromatic N) is 1. The fourth-order valence-corrected chi connectivity index (χ4v) is 2.89. The van der Waals surface area contributed by atoms with Gasteiger partial charge in [-0.15, -0.1) is 0 Å². The van der Waals surface area contributed by atoms with Crippen molar-refractivity contribution in [3.8, 4) is 0 Å². The van der Waals surface area contributed by atoms with Gasteiger partial charge >= 0.3 is 6.03 Å². The number of hydrogen-bond donors (Lipinski definition) is 3. The molecular formula is C20H27N4O2+. The van der Waals surface area contributed by atoms with E-state index >= 15 is 0 Å². The van der Waals surface area contributed by atoms with E-state index in [0.717, 1.165) is 21.7 Å². The number of amides is 3. The van der Waals surface area contributed by atoms with Crippen LogP contribution in [-0.2, 0) is 11.3 Å². The molecule has 1 unspecified atom stereocenters. The summed E-state index contributed by atoms with van der Waals surface area (Å²) in [5.41, 5.74) is 3.13. The SMILES string of the molecule is CNC(=O)NC(=O)[C@H](c1ccccc1)[NH+](C)Cc1ccc(N(C)C)cc1. The molecule has 138 valence electrons. The van der Waals surface area contributed by atoms with Crippen LogP contribution in [0.2, 0.25) is 0 Å². The normalized spacial score (nSPS) is 12.8. The van der Waals surface area contributed by atoms with Crippen molar-refractivity contribution in [2.75, 3.05) is 33.1 Å². The number of benzene rings is 2. The van der Waals surface area contributed by atoms with E-state index in [1.807, 2.05) is 56.4 Å². The van der Waals surface area contributed by atoms with Crippen LogP contribution in [0.1, 0.15) is 17.2 Å². The van der Waals surface area contributed by atoms with Crippen LogP contribution in [0.3, 0.4) is 0 Å². The minimum atomic E-state index is -0.501. The van der Waals surface area contributed by atoms with Gasteiger partial charge in [-0.05, 0) is 12.1 Å². The lowest BCUT2D eigenvalue weighted by molar-refractivity contribution is -0.916. The van der Waals surface area contributed by atoms with Crippen LogP contribution in [0.5, 0.6) is 0 Å². The number of carbonyl (C=O) groups excluding carboxylic acids is 2. The van der Waals surface area contributed by atoms with Gasteiger partial charge in [-0.1, -0.05) is 42.5 Å². The summed E-state index contributed by atoms with van der Waals surface area (Å²) in [6, 6.07) is 16.8. The van der Waals surface area contributed by atoms with Gasteiger partial charge in [0.05, 0.1) is 7.05 Å². The van der Waals surface area contributed by atoms with E-state index in [2.05, 4.69) is 34.9 Å². The van der Waals surface area contributed by atoms with Gasteiger partial charge in [-0.25, -0.2) is 4.79 Å². The molecule has 0 fully saturated rings. The van der Waals surface area contributed by atoms with Gasteiger partial charge in [-0.2, -0.15) is 0 Å². The molecule has 2 aromatic rings. The second-order valence-corrected chi connectivity index (χ2v) is 6.50. The number of hydrogen-bond acceptors (Lipinski definition) is 3. The van der Waals surface area contributed by atoms with Gasteiger partial charge in [0.1, 0.15) is 6.54 Å². The molecular weight excluding hydrogens is 328 g/mol. The molecule has 6 nitrogen and oxygen atoms in total. The van der Waals surface area contributed by atoms with E-state index in [1.54, 1.807) is 0 Å². The number of rotatable bonds is 6. The molecule has 0 bridgehead atoms. The standard InChI is InChI=1S/C20H26N4O2/c1-21-20(26)22-19(25)18(16-8-6-5-7-9-16)24(4)14-15-10-12-17(13-11-15)23(2)3/h5-13,18H,14H2,1-4H3,(H2,21,22,25,26)/p+1/t18-/m0/s1. The third-order valence-electron chi connectivity index (χ3n) is 4.29. The average Bonchev–Trinajstić information content (AvgIpc) is 2.63. The van der Waals surface area contributed by atoms with Gasteiger partial charge in [0.2, 0.25) is 0 Å². The van der Waals surface area contributed by atoms with Crippen molar-refractivity contribution in [2.24, 2.45) is 0 Å². The van der Waals surface area contributed by atoms with E-state index < -0.39 is 12.1 Å². The Balaban J connectivity index is 2.21. The molecule has 0 spiro atoms. The largest absolute Gasteiger partial charge is 0.378 e. The summed E-state index contributed by atoms with van der Waals surface area (Å²) in [6.07, 6.45) is 0. The molecule has 0 aliphatic rings. The third kappa shape index (κ3) is 5.07. The molecule has 26 heavy (non-hydrogen) atoms. The highest BCUT2D eigenvalue weighted by atomic mass is 16.2. The number of imide groups is 1. The summed E-state index contributed by atoms with van der Waals surface area (Å²) in [4.78, 5) is 27.3. The summed E-state index contributed by atoms with van der Waals surface area (Å²) in [5, 5.41) is 4.83. The van der Waals surface area contributed by atoms with Crippen molar-refractivity contribution in [3.63, 3.8) is 0 Å². The van der Waals surface area contributed by atoms with Gasteiger partial charge in [0, 0.05) is 38.0 Å². The van der Waals surface area contributed by atoms with E-state index in [0.29, 0.717) is 6.54 Å². The number of urea groups is 1. The number of nitrogens with one attached hydrogen (secondary N) is 3. The summed E-state index contributed by atoms with van der Waals surface area (Å²) in [5.74, 6) is -0.321. The van der Waals surface area contributed by atoms with E-state index in [1.165, 1.54) is 7.05 Å². The molecule has 0 radical (unpaired) electrons. The van der Waals surface area contributed by atoms with Crippen molar-refractivity contribution in [3.05, 3.63) is 65.7 Å². The molecule has 2 aromatic carbocycles. The molecule has 0 heterocycles. The molecule has 6 heteroatoms. The van der Waals surface area contributed by atoms with Crippen molar-refractivity contribution in [2.45, 2.75) is 12.6 Å². The predicted octanol–water partition coefficient (Wildman–Crippen LogP) is 0.964. The second kappa shape index (κ2) is 9.01. The van der Waals surface area contributed by atoms with Crippen LogP contribution in [0.25, 0.3) is 0 Å². The zero-order chi connectivity index (χ0) is 19.1. The number of likely N-dealkylation sites (N-methyl/N-ethyl adjacent to an activating group) is 1. The highest BCUT2D eigenvalue weighted by molar-refractivity contribution is 5.96. The first-order valence-electron chi connectivity index (χ1n) is 8.58. The Hall–Kier alpha value is -2.86. The third-order valence-corrected chi connectivity index (χ3v) is 4.29. The Morgan fingerprint density at radius 2 is 1.65 bits per heavy atom. The van der Waals surface area contributed by atoms with Crippen molar-refractivity contribution < 1.29 is 14.5 Å². The Labute approximate surface area is 154 Å². The molecule has 0 saturated heterocycles. The van der Waals surface area contributed by atoms with E-state index in [-0.39, 0.29) is 5.91 Å². The topological polar surface area (TPSA) is 65.9 Å². The molecule has 0 saturated carbocycles. The van der Waals surface area contributed by atoms with Crippen LogP contribution >= 0.6 is 0 Å². The van der Waals surface area contributed by atoms with Gasteiger partial charge in [0.15, 0.2) is 6.04 Å². The average molecular weight is 355 g/mol. The predicted molar refractivity (Wildman–Crippen MR) is 103 cm³/mol. The molecule has 3 N–H and O–H groups in total. The number of quaternary nitrogens is 1. The van der Waals surface area contributed by atoms with Gasteiger partial charge in [0.25, 0.3) is 5.91 Å². The minimum Gasteiger partial charge on any atom is -0.378 e. The fraction of sp³-hybridized carbons (Fsp3) is 0.300. The van der Waals surface area contributed by atoms with Gasteiger partial charge in [-0.3, -0.25) is 10.1 Å². The maximum atomic E-state index is 12.7. The molecule has 2 atom stereocenters. The summed E-state index contributed by atoms with van der Waals surface area (Å²) in [6.45, 7) is 0.661.